The fourth-order valence-corrected chi connectivity index (χ4v) is 3.00. The van der Waals surface area contributed by atoms with Gasteiger partial charge in [-0.05, 0) is 30.5 Å². The number of amides is 2. The van der Waals surface area contributed by atoms with Crippen LogP contribution in [0.25, 0.3) is 0 Å². The van der Waals surface area contributed by atoms with Gasteiger partial charge in [-0.2, -0.15) is 0 Å². The molecule has 2 aliphatic rings. The average molecular weight is 318 g/mol. The van der Waals surface area contributed by atoms with Crippen LogP contribution < -0.4 is 5.32 Å². The summed E-state index contributed by atoms with van der Waals surface area (Å²) in [5, 5.41) is 3.03. The predicted octanol–water partition coefficient (Wildman–Crippen LogP) is 0.614. The van der Waals surface area contributed by atoms with Crippen molar-refractivity contribution in [3.8, 4) is 0 Å². The summed E-state index contributed by atoms with van der Waals surface area (Å²) in [6.45, 7) is 3.80. The van der Waals surface area contributed by atoms with Gasteiger partial charge >= 0.3 is 6.09 Å². The lowest BCUT2D eigenvalue weighted by molar-refractivity contribution is -0.122. The zero-order chi connectivity index (χ0) is 16.1. The highest BCUT2D eigenvalue weighted by molar-refractivity contribution is 5.82. The zero-order valence-corrected chi connectivity index (χ0v) is 13.1. The van der Waals surface area contributed by atoms with Gasteiger partial charge in [0.1, 0.15) is 13.2 Å². The molecule has 3 heterocycles. The third kappa shape index (κ3) is 4.41. The van der Waals surface area contributed by atoms with E-state index in [2.05, 4.69) is 15.2 Å². The number of nitrogens with zero attached hydrogens (tertiary/aromatic N) is 3. The van der Waals surface area contributed by atoms with Gasteiger partial charge < -0.3 is 10.1 Å². The Hall–Kier alpha value is -2.15. The molecule has 1 N–H and O–H groups in total. The van der Waals surface area contributed by atoms with Crippen molar-refractivity contribution >= 4 is 12.0 Å². The summed E-state index contributed by atoms with van der Waals surface area (Å²) < 4.78 is 4.82. The van der Waals surface area contributed by atoms with Crippen molar-refractivity contribution in [2.45, 2.75) is 25.4 Å². The first kappa shape index (κ1) is 15.7. The van der Waals surface area contributed by atoms with Crippen molar-refractivity contribution in [3.05, 3.63) is 30.1 Å². The van der Waals surface area contributed by atoms with Gasteiger partial charge in [0.05, 0.1) is 6.54 Å². The fourth-order valence-electron chi connectivity index (χ4n) is 3.00. The Bertz CT molecular complexity index is 544. The number of rotatable bonds is 5. The van der Waals surface area contributed by atoms with Crippen LogP contribution in [0, 0.1) is 0 Å². The van der Waals surface area contributed by atoms with Crippen molar-refractivity contribution in [1.29, 1.82) is 0 Å². The minimum Gasteiger partial charge on any atom is -0.448 e. The summed E-state index contributed by atoms with van der Waals surface area (Å²) in [5.41, 5.74) is 1.26. The number of carbonyl (C=O) groups is 2. The van der Waals surface area contributed by atoms with E-state index in [0.29, 0.717) is 13.2 Å². The molecule has 2 aliphatic heterocycles. The summed E-state index contributed by atoms with van der Waals surface area (Å²) in [6.07, 6.45) is 5.09. The van der Waals surface area contributed by atoms with Crippen LogP contribution in [-0.4, -0.2) is 65.6 Å². The standard InChI is InChI=1S/C16H22N4O3/c21-15(12-20-9-10-23-16(20)22)18-14-3-7-19(8-4-14)11-13-1-5-17-6-2-13/h1-2,5-6,14H,3-4,7-12H2,(H,18,21). The minimum absolute atomic E-state index is 0.0933. The first-order chi connectivity index (χ1) is 11.2. The van der Waals surface area contributed by atoms with Gasteiger partial charge in [-0.15, -0.1) is 0 Å². The summed E-state index contributed by atoms with van der Waals surface area (Å²) >= 11 is 0. The number of pyridine rings is 1. The zero-order valence-electron chi connectivity index (χ0n) is 13.1. The van der Waals surface area contributed by atoms with Crippen LogP contribution in [0.15, 0.2) is 24.5 Å². The van der Waals surface area contributed by atoms with Crippen molar-refractivity contribution < 1.29 is 14.3 Å². The molecule has 2 saturated heterocycles. The molecule has 1 aromatic heterocycles. The van der Waals surface area contributed by atoms with Gasteiger partial charge in [0.15, 0.2) is 0 Å². The molecule has 23 heavy (non-hydrogen) atoms. The van der Waals surface area contributed by atoms with Crippen molar-refractivity contribution in [2.75, 3.05) is 32.8 Å². The molecule has 124 valence electrons. The highest BCUT2D eigenvalue weighted by Crippen LogP contribution is 2.13. The molecule has 0 spiro atoms. The van der Waals surface area contributed by atoms with E-state index in [-0.39, 0.29) is 18.5 Å². The maximum Gasteiger partial charge on any atom is 0.410 e. The quantitative estimate of drug-likeness (QED) is 0.861. The van der Waals surface area contributed by atoms with Gasteiger partial charge in [-0.3, -0.25) is 19.6 Å². The molecule has 3 rings (SSSR count). The predicted molar refractivity (Wildman–Crippen MR) is 83.6 cm³/mol. The van der Waals surface area contributed by atoms with E-state index in [1.807, 2.05) is 24.5 Å². The Morgan fingerprint density at radius 1 is 1.26 bits per heavy atom. The van der Waals surface area contributed by atoms with Crippen LogP contribution in [0.4, 0.5) is 4.79 Å². The Morgan fingerprint density at radius 3 is 2.65 bits per heavy atom. The topological polar surface area (TPSA) is 74.8 Å². The Balaban J connectivity index is 1.39. The Labute approximate surface area is 135 Å². The molecule has 7 heteroatoms. The number of aromatic nitrogens is 1. The maximum absolute atomic E-state index is 12.0. The van der Waals surface area contributed by atoms with Crippen LogP contribution in [0.3, 0.4) is 0 Å². The van der Waals surface area contributed by atoms with E-state index in [4.69, 9.17) is 4.74 Å². The number of ether oxygens (including phenoxy) is 1. The molecule has 1 aromatic rings. The van der Waals surface area contributed by atoms with Gasteiger partial charge in [0.2, 0.25) is 5.91 Å². The maximum atomic E-state index is 12.0. The Kier molecular flexibility index (Phi) is 5.07. The lowest BCUT2D eigenvalue weighted by Crippen LogP contribution is -2.47. The number of piperidine rings is 1. The van der Waals surface area contributed by atoms with Crippen LogP contribution in [0.1, 0.15) is 18.4 Å². The highest BCUT2D eigenvalue weighted by atomic mass is 16.6. The molecule has 0 aromatic carbocycles. The third-order valence-corrected chi connectivity index (χ3v) is 4.29. The number of carbonyl (C=O) groups excluding carboxylic acids is 2. The monoisotopic (exact) mass is 318 g/mol. The second-order valence-electron chi connectivity index (χ2n) is 6.01. The molecule has 0 bridgehead atoms. The Morgan fingerprint density at radius 2 is 2.00 bits per heavy atom. The molecule has 0 atom stereocenters. The summed E-state index contributed by atoms with van der Waals surface area (Å²) in [7, 11) is 0. The first-order valence-corrected chi connectivity index (χ1v) is 8.03. The fraction of sp³-hybridized carbons (Fsp3) is 0.562. The first-order valence-electron chi connectivity index (χ1n) is 8.03. The van der Waals surface area contributed by atoms with Gasteiger partial charge in [0.25, 0.3) is 0 Å². The van der Waals surface area contributed by atoms with E-state index >= 15 is 0 Å². The molecular formula is C16H22N4O3. The summed E-state index contributed by atoms with van der Waals surface area (Å²) in [4.78, 5) is 31.2. The minimum atomic E-state index is -0.396. The van der Waals surface area contributed by atoms with E-state index in [0.717, 1.165) is 32.5 Å². The SMILES string of the molecule is O=C(CN1CCOC1=O)NC1CCN(Cc2ccncc2)CC1. The van der Waals surface area contributed by atoms with Gasteiger partial charge in [0, 0.05) is 38.1 Å². The van der Waals surface area contributed by atoms with Crippen LogP contribution >= 0.6 is 0 Å². The van der Waals surface area contributed by atoms with Crippen molar-refractivity contribution in [3.63, 3.8) is 0 Å². The number of cyclic esters (lactones) is 1. The molecule has 0 aliphatic carbocycles. The van der Waals surface area contributed by atoms with E-state index in [1.54, 1.807) is 0 Å². The number of likely N-dealkylation sites (tertiary alicyclic amines) is 1. The molecule has 0 saturated carbocycles. The van der Waals surface area contributed by atoms with Crippen LogP contribution in [0.2, 0.25) is 0 Å². The molecule has 0 radical (unpaired) electrons. The molecule has 7 nitrogen and oxygen atoms in total. The number of nitrogens with one attached hydrogen (secondary N) is 1. The molecule has 2 fully saturated rings. The largest absolute Gasteiger partial charge is 0.448 e. The second kappa shape index (κ2) is 7.41. The third-order valence-electron chi connectivity index (χ3n) is 4.29. The molecule has 2 amide bonds. The van der Waals surface area contributed by atoms with Crippen LogP contribution in [0.5, 0.6) is 0 Å². The smallest absolute Gasteiger partial charge is 0.410 e. The van der Waals surface area contributed by atoms with Crippen molar-refractivity contribution in [2.24, 2.45) is 0 Å². The number of hydrogen-bond donors (Lipinski definition) is 1. The van der Waals surface area contributed by atoms with E-state index in [9.17, 15) is 9.59 Å². The summed E-state index contributed by atoms with van der Waals surface area (Å²) in [5.74, 6) is -0.101. The summed E-state index contributed by atoms with van der Waals surface area (Å²) in [6, 6.07) is 4.25. The normalized spacial score (nSPS) is 19.7. The average Bonchev–Trinajstić information content (AvgIpc) is 2.95. The molecule has 0 unspecified atom stereocenters. The lowest BCUT2D eigenvalue weighted by Gasteiger charge is -2.32. The molecular weight excluding hydrogens is 296 g/mol. The second-order valence-corrected chi connectivity index (χ2v) is 6.01. The van der Waals surface area contributed by atoms with E-state index < -0.39 is 6.09 Å². The van der Waals surface area contributed by atoms with Crippen LogP contribution in [-0.2, 0) is 16.1 Å². The van der Waals surface area contributed by atoms with Gasteiger partial charge in [-0.1, -0.05) is 0 Å². The van der Waals surface area contributed by atoms with E-state index in [1.165, 1.54) is 10.5 Å². The highest BCUT2D eigenvalue weighted by Gasteiger charge is 2.26. The lowest BCUT2D eigenvalue weighted by atomic mass is 10.0. The van der Waals surface area contributed by atoms with Gasteiger partial charge in [-0.25, -0.2) is 4.79 Å². The number of hydrogen-bond acceptors (Lipinski definition) is 5. The van der Waals surface area contributed by atoms with Crippen molar-refractivity contribution in [1.82, 2.24) is 20.1 Å².